The Labute approximate surface area is 70.6 Å². The fraction of sp³-hybridized carbons (Fsp3) is 0.222. The minimum atomic E-state index is 0.571. The van der Waals surface area contributed by atoms with Crippen molar-refractivity contribution < 1.29 is 0 Å². The van der Waals surface area contributed by atoms with Crippen molar-refractivity contribution >= 4 is 11.0 Å². The van der Waals surface area contributed by atoms with Crippen LogP contribution in [0, 0.1) is 6.92 Å². The van der Waals surface area contributed by atoms with Gasteiger partial charge in [0.2, 0.25) is 0 Å². The predicted molar refractivity (Wildman–Crippen MR) is 48.7 cm³/mol. The van der Waals surface area contributed by atoms with E-state index in [0.29, 0.717) is 6.54 Å². The molecule has 1 aromatic carbocycles. The molecular formula is C9H11N3. The summed E-state index contributed by atoms with van der Waals surface area (Å²) in [5.41, 5.74) is 8.70. The lowest BCUT2D eigenvalue weighted by molar-refractivity contribution is 1.07. The summed E-state index contributed by atoms with van der Waals surface area (Å²) < 4.78 is 0. The molecule has 3 nitrogen and oxygen atoms in total. The maximum Gasteiger partial charge on any atom is 0.104 e. The van der Waals surface area contributed by atoms with Crippen molar-refractivity contribution in [2.45, 2.75) is 13.5 Å². The third kappa shape index (κ3) is 1.08. The molecule has 0 amide bonds. The quantitative estimate of drug-likeness (QED) is 0.663. The second-order valence-corrected chi connectivity index (χ2v) is 2.88. The van der Waals surface area contributed by atoms with Gasteiger partial charge in [-0.05, 0) is 24.6 Å². The summed E-state index contributed by atoms with van der Waals surface area (Å²) in [5.74, 6) is 0.944. The van der Waals surface area contributed by atoms with Gasteiger partial charge in [0.15, 0.2) is 0 Å². The van der Waals surface area contributed by atoms with Crippen LogP contribution in [0.2, 0.25) is 0 Å². The van der Waals surface area contributed by atoms with E-state index in [2.05, 4.69) is 9.97 Å². The summed E-state index contributed by atoms with van der Waals surface area (Å²) in [7, 11) is 0. The Balaban J connectivity index is 2.66. The number of benzene rings is 1. The molecule has 2 rings (SSSR count). The first kappa shape index (κ1) is 7.31. The summed E-state index contributed by atoms with van der Waals surface area (Å²) in [6, 6.07) is 6.04. The molecule has 0 unspecified atom stereocenters. The van der Waals surface area contributed by atoms with Gasteiger partial charge in [0.1, 0.15) is 5.82 Å². The summed E-state index contributed by atoms with van der Waals surface area (Å²) >= 11 is 0. The number of aryl methyl sites for hydroxylation is 1. The number of aromatic amines is 1. The number of nitrogens with zero attached hydrogens (tertiary/aromatic N) is 1. The van der Waals surface area contributed by atoms with Crippen LogP contribution in [0.1, 0.15) is 11.4 Å². The van der Waals surface area contributed by atoms with Crippen LogP contribution in [0.15, 0.2) is 18.2 Å². The van der Waals surface area contributed by atoms with E-state index in [1.165, 1.54) is 0 Å². The zero-order valence-electron chi connectivity index (χ0n) is 6.96. The molecule has 3 heteroatoms. The van der Waals surface area contributed by atoms with E-state index >= 15 is 0 Å². The van der Waals surface area contributed by atoms with E-state index < -0.39 is 0 Å². The zero-order chi connectivity index (χ0) is 8.55. The number of aromatic nitrogens is 2. The first-order chi connectivity index (χ1) is 5.79. The zero-order valence-corrected chi connectivity index (χ0v) is 6.96. The molecule has 0 bridgehead atoms. The van der Waals surface area contributed by atoms with Crippen LogP contribution >= 0.6 is 0 Å². The Hall–Kier alpha value is -1.35. The van der Waals surface area contributed by atoms with Crippen molar-refractivity contribution in [3.63, 3.8) is 0 Å². The summed E-state index contributed by atoms with van der Waals surface area (Å²) in [6.45, 7) is 2.52. The molecule has 0 aliphatic carbocycles. The molecule has 2 aromatic rings. The van der Waals surface area contributed by atoms with Crippen molar-refractivity contribution in [1.82, 2.24) is 9.97 Å². The molecule has 1 heterocycles. The molecule has 0 aliphatic heterocycles. The smallest absolute Gasteiger partial charge is 0.104 e. The molecule has 62 valence electrons. The highest BCUT2D eigenvalue weighted by Crippen LogP contribution is 2.12. The van der Waals surface area contributed by atoms with Crippen LogP contribution in [0.25, 0.3) is 11.0 Å². The lowest BCUT2D eigenvalue weighted by atomic mass is 10.2. The number of H-pyrrole nitrogens is 1. The van der Waals surface area contributed by atoms with Crippen LogP contribution in [0.5, 0.6) is 0 Å². The summed E-state index contributed by atoms with van der Waals surface area (Å²) in [6.07, 6.45) is 0. The molecule has 0 atom stereocenters. The van der Waals surface area contributed by atoms with Crippen LogP contribution in [-0.2, 0) is 6.54 Å². The van der Waals surface area contributed by atoms with Crippen molar-refractivity contribution in [3.8, 4) is 0 Å². The number of nitrogens with one attached hydrogen (secondary N) is 1. The predicted octanol–water partition coefficient (Wildman–Crippen LogP) is 1.33. The Morgan fingerprint density at radius 2 is 2.33 bits per heavy atom. The van der Waals surface area contributed by atoms with E-state index in [-0.39, 0.29) is 0 Å². The number of imidazole rings is 1. The molecule has 0 radical (unpaired) electrons. The average molecular weight is 161 g/mol. The van der Waals surface area contributed by atoms with Crippen molar-refractivity contribution in [1.29, 1.82) is 0 Å². The van der Waals surface area contributed by atoms with E-state index in [0.717, 1.165) is 22.4 Å². The monoisotopic (exact) mass is 161 g/mol. The van der Waals surface area contributed by atoms with Crippen LogP contribution in [0.4, 0.5) is 0 Å². The molecule has 1 aromatic heterocycles. The largest absolute Gasteiger partial charge is 0.342 e. The Kier molecular flexibility index (Phi) is 1.59. The van der Waals surface area contributed by atoms with Gasteiger partial charge >= 0.3 is 0 Å². The third-order valence-corrected chi connectivity index (χ3v) is 1.90. The molecular weight excluding hydrogens is 150 g/mol. The Morgan fingerprint density at radius 3 is 3.08 bits per heavy atom. The number of rotatable bonds is 1. The van der Waals surface area contributed by atoms with Gasteiger partial charge in [-0.1, -0.05) is 6.07 Å². The van der Waals surface area contributed by atoms with E-state index in [1.807, 2.05) is 25.1 Å². The second-order valence-electron chi connectivity index (χ2n) is 2.88. The summed E-state index contributed by atoms with van der Waals surface area (Å²) in [5, 5.41) is 0. The lowest BCUT2D eigenvalue weighted by Crippen LogP contribution is -1.95. The van der Waals surface area contributed by atoms with Gasteiger partial charge in [0, 0.05) is 6.54 Å². The van der Waals surface area contributed by atoms with Gasteiger partial charge in [-0.15, -0.1) is 0 Å². The molecule has 0 spiro atoms. The molecule has 12 heavy (non-hydrogen) atoms. The third-order valence-electron chi connectivity index (χ3n) is 1.90. The van der Waals surface area contributed by atoms with Gasteiger partial charge in [-0.25, -0.2) is 4.98 Å². The minimum Gasteiger partial charge on any atom is -0.342 e. The number of hydrogen-bond donors (Lipinski definition) is 2. The van der Waals surface area contributed by atoms with E-state index in [1.54, 1.807) is 0 Å². The highest BCUT2D eigenvalue weighted by molar-refractivity contribution is 5.75. The summed E-state index contributed by atoms with van der Waals surface area (Å²) in [4.78, 5) is 7.47. The standard InChI is InChI=1S/C9H11N3/c1-6-11-8-3-2-7(5-10)4-9(8)12-6/h2-4H,5,10H2,1H3,(H,11,12). The lowest BCUT2D eigenvalue weighted by Gasteiger charge is -1.93. The average Bonchev–Trinajstić information content (AvgIpc) is 2.43. The maximum absolute atomic E-state index is 5.51. The highest BCUT2D eigenvalue weighted by atomic mass is 14.9. The van der Waals surface area contributed by atoms with Gasteiger partial charge in [0.25, 0.3) is 0 Å². The molecule has 3 N–H and O–H groups in total. The van der Waals surface area contributed by atoms with Crippen LogP contribution in [-0.4, -0.2) is 9.97 Å². The maximum atomic E-state index is 5.51. The Bertz CT molecular complexity index is 403. The normalized spacial score (nSPS) is 10.8. The first-order valence-electron chi connectivity index (χ1n) is 3.95. The van der Waals surface area contributed by atoms with Gasteiger partial charge in [-0.2, -0.15) is 0 Å². The molecule has 0 fully saturated rings. The van der Waals surface area contributed by atoms with E-state index in [9.17, 15) is 0 Å². The van der Waals surface area contributed by atoms with Crippen molar-refractivity contribution in [2.24, 2.45) is 5.73 Å². The van der Waals surface area contributed by atoms with Gasteiger partial charge in [0.05, 0.1) is 11.0 Å². The Morgan fingerprint density at radius 1 is 1.50 bits per heavy atom. The van der Waals surface area contributed by atoms with Crippen molar-refractivity contribution in [2.75, 3.05) is 0 Å². The molecule has 0 saturated carbocycles. The second kappa shape index (κ2) is 2.60. The van der Waals surface area contributed by atoms with Gasteiger partial charge < -0.3 is 10.7 Å². The SMILES string of the molecule is Cc1nc2cc(CN)ccc2[nH]1. The fourth-order valence-electron chi connectivity index (χ4n) is 1.31. The van der Waals surface area contributed by atoms with Gasteiger partial charge in [-0.3, -0.25) is 0 Å². The molecule has 0 aliphatic rings. The van der Waals surface area contributed by atoms with E-state index in [4.69, 9.17) is 5.73 Å². The fourth-order valence-corrected chi connectivity index (χ4v) is 1.31. The van der Waals surface area contributed by atoms with Crippen LogP contribution in [0.3, 0.4) is 0 Å². The van der Waals surface area contributed by atoms with Crippen LogP contribution < -0.4 is 5.73 Å². The number of hydrogen-bond acceptors (Lipinski definition) is 2. The first-order valence-corrected chi connectivity index (χ1v) is 3.95. The molecule has 0 saturated heterocycles. The van der Waals surface area contributed by atoms with Crippen molar-refractivity contribution in [3.05, 3.63) is 29.6 Å². The number of nitrogens with two attached hydrogens (primary N) is 1. The number of fused-ring (bicyclic) bond motifs is 1. The minimum absolute atomic E-state index is 0.571. The highest BCUT2D eigenvalue weighted by Gasteiger charge is 1.98. The topological polar surface area (TPSA) is 54.7 Å².